The number of ether oxygens (including phenoxy) is 1. The second kappa shape index (κ2) is 14.0. The Kier molecular flexibility index (Phi) is 10.4. The first-order chi connectivity index (χ1) is 20.5. The number of benzene rings is 3. The molecule has 3 aromatic carbocycles. The molecule has 1 aliphatic heterocycles. The fourth-order valence-corrected chi connectivity index (χ4v) is 6.59. The van der Waals surface area contributed by atoms with E-state index in [4.69, 9.17) is 4.74 Å². The Morgan fingerprint density at radius 3 is 2.42 bits per heavy atom. The molecule has 0 aromatic heterocycles. The lowest BCUT2D eigenvalue weighted by atomic mass is 10.0. The van der Waals surface area contributed by atoms with Crippen LogP contribution in [0.4, 0.5) is 10.5 Å². The van der Waals surface area contributed by atoms with Crippen LogP contribution in [-0.4, -0.2) is 67.7 Å². The summed E-state index contributed by atoms with van der Waals surface area (Å²) in [6, 6.07) is 22.1. The molecule has 228 valence electrons. The Hall–Kier alpha value is -3.99. The number of nitrogens with zero attached hydrogens (tertiary/aromatic N) is 2. The van der Waals surface area contributed by atoms with Gasteiger partial charge < -0.3 is 15.2 Å². The van der Waals surface area contributed by atoms with Gasteiger partial charge in [0.05, 0.1) is 23.6 Å². The van der Waals surface area contributed by atoms with Crippen LogP contribution >= 0.6 is 0 Å². The maximum Gasteiger partial charge on any atom is 0.415 e. The Morgan fingerprint density at radius 2 is 1.79 bits per heavy atom. The number of aryl methyl sites for hydroxylation is 1. The van der Waals surface area contributed by atoms with Crippen molar-refractivity contribution in [3.05, 3.63) is 102 Å². The van der Waals surface area contributed by atoms with Gasteiger partial charge in [-0.25, -0.2) is 13.2 Å². The molecule has 9 nitrogen and oxygen atoms in total. The number of sulfonamides is 1. The molecule has 1 heterocycles. The summed E-state index contributed by atoms with van der Waals surface area (Å²) in [7, 11) is -3.97. The van der Waals surface area contributed by atoms with Gasteiger partial charge in [0.1, 0.15) is 0 Å². The van der Waals surface area contributed by atoms with Crippen molar-refractivity contribution in [2.24, 2.45) is 5.92 Å². The van der Waals surface area contributed by atoms with Gasteiger partial charge in [-0.1, -0.05) is 81.1 Å². The summed E-state index contributed by atoms with van der Waals surface area (Å²) >= 11 is 0. The Bertz CT molecular complexity index is 1530. The fraction of sp³-hybridized carbons (Fsp3) is 0.333. The molecule has 3 atom stereocenters. The molecule has 1 saturated heterocycles. The summed E-state index contributed by atoms with van der Waals surface area (Å²) in [5, 5.41) is 14.3. The molecule has 1 aliphatic rings. The number of aliphatic hydroxyl groups is 1. The Balaban J connectivity index is 1.55. The fourth-order valence-electron chi connectivity index (χ4n) is 4.97. The van der Waals surface area contributed by atoms with Gasteiger partial charge >= 0.3 is 6.09 Å². The van der Waals surface area contributed by atoms with Crippen LogP contribution in [0.2, 0.25) is 0 Å². The third kappa shape index (κ3) is 8.10. The van der Waals surface area contributed by atoms with Crippen LogP contribution in [0.1, 0.15) is 30.5 Å². The number of nitrogens with one attached hydrogen (secondary N) is 1. The summed E-state index contributed by atoms with van der Waals surface area (Å²) in [6.07, 6.45) is -1.14. The molecule has 3 aromatic rings. The highest BCUT2D eigenvalue weighted by atomic mass is 32.2. The van der Waals surface area contributed by atoms with Crippen molar-refractivity contribution in [3.63, 3.8) is 0 Å². The SMILES string of the molecule is C=Cc1ccc(S(=O)(=O)N(CC(C)C)C[C@@H](O)[C@H](Cc2ccccc2)NC(=O)[C@@H]2CN(c3cccc(C)c3)C(=O)O2)cc1. The molecule has 2 amide bonds. The predicted octanol–water partition coefficient (Wildman–Crippen LogP) is 4.40. The topological polar surface area (TPSA) is 116 Å². The lowest BCUT2D eigenvalue weighted by Crippen LogP contribution is -2.53. The molecule has 0 bridgehead atoms. The zero-order valence-corrected chi connectivity index (χ0v) is 25.5. The van der Waals surface area contributed by atoms with Gasteiger partial charge in [-0.15, -0.1) is 0 Å². The summed E-state index contributed by atoms with van der Waals surface area (Å²) < 4.78 is 34.0. The number of rotatable bonds is 13. The van der Waals surface area contributed by atoms with Crippen LogP contribution in [0.15, 0.2) is 90.3 Å². The normalized spacial score (nSPS) is 16.7. The number of carbonyl (C=O) groups excluding carboxylic acids is 2. The molecule has 2 N–H and O–H groups in total. The Labute approximate surface area is 253 Å². The lowest BCUT2D eigenvalue weighted by Gasteiger charge is -2.31. The number of hydrogen-bond acceptors (Lipinski definition) is 6. The molecule has 1 fully saturated rings. The number of amides is 2. The van der Waals surface area contributed by atoms with E-state index in [1.54, 1.807) is 24.3 Å². The molecular weight excluding hydrogens is 566 g/mol. The second-order valence-corrected chi connectivity index (χ2v) is 13.1. The molecule has 0 aliphatic carbocycles. The van der Waals surface area contributed by atoms with E-state index in [-0.39, 0.29) is 36.9 Å². The van der Waals surface area contributed by atoms with E-state index in [9.17, 15) is 23.1 Å². The average molecular weight is 606 g/mol. The van der Waals surface area contributed by atoms with Crippen molar-refractivity contribution in [2.75, 3.05) is 24.5 Å². The van der Waals surface area contributed by atoms with Crippen LogP contribution in [0.3, 0.4) is 0 Å². The van der Waals surface area contributed by atoms with E-state index in [0.29, 0.717) is 5.69 Å². The van der Waals surface area contributed by atoms with Crippen molar-refractivity contribution in [3.8, 4) is 0 Å². The number of cyclic esters (lactones) is 1. The van der Waals surface area contributed by atoms with E-state index in [1.807, 2.05) is 69.3 Å². The van der Waals surface area contributed by atoms with Gasteiger partial charge in [-0.05, 0) is 60.2 Å². The molecule has 0 saturated carbocycles. The van der Waals surface area contributed by atoms with E-state index < -0.39 is 40.3 Å². The highest BCUT2D eigenvalue weighted by Gasteiger charge is 2.39. The van der Waals surface area contributed by atoms with E-state index in [0.717, 1.165) is 16.7 Å². The molecule has 0 radical (unpaired) electrons. The molecule has 43 heavy (non-hydrogen) atoms. The van der Waals surface area contributed by atoms with Crippen molar-refractivity contribution in [1.29, 1.82) is 0 Å². The third-order valence-corrected chi connectivity index (χ3v) is 9.07. The maximum absolute atomic E-state index is 13.7. The van der Waals surface area contributed by atoms with Crippen molar-refractivity contribution in [2.45, 2.75) is 50.3 Å². The zero-order chi connectivity index (χ0) is 31.1. The molecular formula is C33H39N3O6S. The van der Waals surface area contributed by atoms with Gasteiger partial charge in [0.2, 0.25) is 10.0 Å². The van der Waals surface area contributed by atoms with Crippen LogP contribution in [-0.2, 0) is 26.0 Å². The van der Waals surface area contributed by atoms with Crippen molar-refractivity contribution < 1.29 is 27.9 Å². The summed E-state index contributed by atoms with van der Waals surface area (Å²) in [4.78, 5) is 27.6. The van der Waals surface area contributed by atoms with Gasteiger partial charge in [-0.2, -0.15) is 4.31 Å². The third-order valence-electron chi connectivity index (χ3n) is 7.22. The molecule has 4 rings (SSSR count). The van der Waals surface area contributed by atoms with Gasteiger partial charge in [0, 0.05) is 18.8 Å². The highest BCUT2D eigenvalue weighted by Crippen LogP contribution is 2.24. The molecule has 10 heteroatoms. The first-order valence-corrected chi connectivity index (χ1v) is 15.7. The summed E-state index contributed by atoms with van der Waals surface area (Å²) in [6.45, 7) is 9.34. The molecule has 0 spiro atoms. The van der Waals surface area contributed by atoms with Crippen molar-refractivity contribution >= 4 is 33.8 Å². The first-order valence-electron chi connectivity index (χ1n) is 14.3. The average Bonchev–Trinajstić information content (AvgIpc) is 3.38. The lowest BCUT2D eigenvalue weighted by molar-refractivity contribution is -0.129. The van der Waals surface area contributed by atoms with Crippen LogP contribution in [0.5, 0.6) is 0 Å². The second-order valence-electron chi connectivity index (χ2n) is 11.2. The number of carbonyl (C=O) groups is 2. The largest absolute Gasteiger partial charge is 0.434 e. The summed E-state index contributed by atoms with van der Waals surface area (Å²) in [5.74, 6) is -0.594. The van der Waals surface area contributed by atoms with Crippen LogP contribution in [0, 0.1) is 12.8 Å². The van der Waals surface area contributed by atoms with Crippen LogP contribution in [0.25, 0.3) is 6.08 Å². The van der Waals surface area contributed by atoms with E-state index in [2.05, 4.69) is 11.9 Å². The molecule has 0 unspecified atom stereocenters. The van der Waals surface area contributed by atoms with Gasteiger partial charge in [0.15, 0.2) is 6.10 Å². The van der Waals surface area contributed by atoms with E-state index in [1.165, 1.54) is 21.3 Å². The maximum atomic E-state index is 13.7. The minimum atomic E-state index is -3.97. The highest BCUT2D eigenvalue weighted by molar-refractivity contribution is 7.89. The van der Waals surface area contributed by atoms with E-state index >= 15 is 0 Å². The van der Waals surface area contributed by atoms with Gasteiger partial charge in [-0.3, -0.25) is 9.69 Å². The minimum Gasteiger partial charge on any atom is -0.434 e. The Morgan fingerprint density at radius 1 is 1.09 bits per heavy atom. The monoisotopic (exact) mass is 605 g/mol. The number of anilines is 1. The smallest absolute Gasteiger partial charge is 0.415 e. The number of aliphatic hydroxyl groups excluding tert-OH is 1. The van der Waals surface area contributed by atoms with Crippen LogP contribution < -0.4 is 10.2 Å². The quantitative estimate of drug-likeness (QED) is 0.299. The van der Waals surface area contributed by atoms with Gasteiger partial charge in [0.25, 0.3) is 5.91 Å². The standard InChI is InChI=1S/C33H39N3O6S/c1-5-25-14-16-28(17-15-25)43(40,41)35(20-23(2)3)21-30(37)29(19-26-11-7-6-8-12-26)34-32(38)31-22-36(33(39)42-31)27-13-9-10-24(4)18-27/h5-18,23,29-31,37H,1,19-22H2,2-4H3,(H,34,38)/t29-,30+,31-/m0/s1. The first kappa shape index (κ1) is 31.9. The minimum absolute atomic E-state index is 0.0107. The summed E-state index contributed by atoms with van der Waals surface area (Å²) in [5.41, 5.74) is 3.21. The zero-order valence-electron chi connectivity index (χ0n) is 24.7. The number of hydrogen-bond donors (Lipinski definition) is 2. The van der Waals surface area contributed by atoms with Crippen molar-refractivity contribution in [1.82, 2.24) is 9.62 Å². The predicted molar refractivity (Wildman–Crippen MR) is 167 cm³/mol.